The number of aromatic amines is 1. The number of H-pyrrole nitrogens is 1. The molecular weight excluding hydrogens is 460 g/mol. The van der Waals surface area contributed by atoms with Gasteiger partial charge >= 0.3 is 0 Å². The molecule has 7 nitrogen and oxygen atoms in total. The number of hydrogen-bond acceptors (Lipinski definition) is 6. The number of pyridine rings is 1. The summed E-state index contributed by atoms with van der Waals surface area (Å²) in [5.41, 5.74) is 4.36. The molecule has 2 aromatic heterocycles. The number of likely N-dealkylation sites (tertiary alicyclic amines) is 1. The highest BCUT2D eigenvalue weighted by atomic mass is 32.1. The highest BCUT2D eigenvalue weighted by molar-refractivity contribution is 7.16. The van der Waals surface area contributed by atoms with Gasteiger partial charge in [-0.3, -0.25) is 14.5 Å². The number of fused-ring (bicyclic) bond motifs is 1. The first-order chi connectivity index (χ1) is 16.8. The Morgan fingerprint density at radius 3 is 2.51 bits per heavy atom. The van der Waals surface area contributed by atoms with Crippen molar-refractivity contribution in [1.82, 2.24) is 14.8 Å². The fourth-order valence-electron chi connectivity index (χ4n) is 6.16. The van der Waals surface area contributed by atoms with E-state index in [-0.39, 0.29) is 11.5 Å². The van der Waals surface area contributed by atoms with Gasteiger partial charge in [-0.05, 0) is 63.6 Å². The third-order valence-corrected chi connectivity index (χ3v) is 9.85. The van der Waals surface area contributed by atoms with Crippen LogP contribution in [-0.4, -0.2) is 72.7 Å². The second kappa shape index (κ2) is 9.71. The second-order valence-corrected chi connectivity index (χ2v) is 11.7. The third kappa shape index (κ3) is 4.56. The van der Waals surface area contributed by atoms with Gasteiger partial charge in [-0.25, -0.2) is 0 Å². The molecule has 0 unspecified atom stereocenters. The summed E-state index contributed by atoms with van der Waals surface area (Å²) in [5, 5.41) is 1.24. The number of amides is 1. The Morgan fingerprint density at radius 1 is 1.14 bits per heavy atom. The Bertz CT molecular complexity index is 1160. The molecule has 5 rings (SSSR count). The molecule has 8 heteroatoms. The van der Waals surface area contributed by atoms with Crippen molar-refractivity contribution in [2.24, 2.45) is 0 Å². The minimum absolute atomic E-state index is 0.0632. The molecule has 1 saturated heterocycles. The van der Waals surface area contributed by atoms with Crippen molar-refractivity contribution in [3.8, 4) is 0 Å². The molecule has 2 aliphatic heterocycles. The summed E-state index contributed by atoms with van der Waals surface area (Å²) < 4.78 is 5.45. The van der Waals surface area contributed by atoms with E-state index in [2.05, 4.69) is 28.8 Å². The van der Waals surface area contributed by atoms with Crippen LogP contribution in [0.1, 0.15) is 63.3 Å². The zero-order chi connectivity index (χ0) is 24.9. The number of anilines is 1. The zero-order valence-corrected chi connectivity index (χ0v) is 22.5. The van der Waals surface area contributed by atoms with E-state index in [9.17, 15) is 9.59 Å². The van der Waals surface area contributed by atoms with Gasteiger partial charge in [-0.2, -0.15) is 0 Å². The molecule has 4 heterocycles. The average molecular weight is 499 g/mol. The molecule has 2 aromatic rings. The maximum absolute atomic E-state index is 13.5. The minimum Gasteiger partial charge on any atom is -0.379 e. The summed E-state index contributed by atoms with van der Waals surface area (Å²) in [5.74, 6) is 0.0632. The van der Waals surface area contributed by atoms with Crippen LogP contribution in [0.4, 0.5) is 5.00 Å². The Hall–Kier alpha value is -2.16. The second-order valence-electron chi connectivity index (χ2n) is 10.6. The Kier molecular flexibility index (Phi) is 6.81. The number of methoxy groups -OCH3 is 1. The smallest absolute Gasteiger partial charge is 0.255 e. The van der Waals surface area contributed by atoms with Crippen molar-refractivity contribution in [3.05, 3.63) is 49.2 Å². The average Bonchev–Trinajstić information content (AvgIpc) is 3.14. The highest BCUT2D eigenvalue weighted by Crippen LogP contribution is 2.41. The van der Waals surface area contributed by atoms with Crippen molar-refractivity contribution in [2.45, 2.75) is 77.6 Å². The fourth-order valence-corrected chi connectivity index (χ4v) is 7.48. The molecule has 1 amide bonds. The van der Waals surface area contributed by atoms with Crippen LogP contribution in [-0.2, 0) is 17.7 Å². The molecule has 1 aliphatic carbocycles. The molecule has 35 heavy (non-hydrogen) atoms. The van der Waals surface area contributed by atoms with Crippen LogP contribution in [0.25, 0.3) is 0 Å². The lowest BCUT2D eigenvalue weighted by atomic mass is 9.87. The lowest BCUT2D eigenvalue weighted by Gasteiger charge is -2.47. The molecule has 1 N–H and O–H groups in total. The number of thiophene rings is 1. The van der Waals surface area contributed by atoms with Gasteiger partial charge in [-0.1, -0.05) is 0 Å². The van der Waals surface area contributed by atoms with Crippen LogP contribution in [0.3, 0.4) is 0 Å². The largest absolute Gasteiger partial charge is 0.379 e. The SMILES string of the molecule is COC1CN([C@H]2CC[C@H](N(C)c3sc4c(c3C)C(=O)N(Cc3c(C)cc(C)[nH]c3=O)CC4)CC2)C1. The standard InChI is InChI=1S/C27H38N4O3S/c1-16-12-17(2)28-25(32)22(16)15-30-11-10-23-24(26(30)33)18(3)27(35-23)29(4)19-6-8-20(9-7-19)31-13-21(14-31)34-5/h12,19-21H,6-11,13-15H2,1-5H3,(H,28,32)/t19-,20-. The molecule has 0 bridgehead atoms. The van der Waals surface area contributed by atoms with E-state index >= 15 is 0 Å². The topological polar surface area (TPSA) is 68.9 Å². The number of aromatic nitrogens is 1. The van der Waals surface area contributed by atoms with Gasteiger partial charge in [0.1, 0.15) is 0 Å². The minimum atomic E-state index is -0.0878. The van der Waals surface area contributed by atoms with E-state index in [1.54, 1.807) is 11.3 Å². The molecule has 0 aromatic carbocycles. The number of aryl methyl sites for hydroxylation is 2. The maximum Gasteiger partial charge on any atom is 0.255 e. The number of carbonyl (C=O) groups is 1. The Labute approximate surface area is 212 Å². The molecule has 2 fully saturated rings. The summed E-state index contributed by atoms with van der Waals surface area (Å²) >= 11 is 1.79. The highest BCUT2D eigenvalue weighted by Gasteiger charge is 2.37. The van der Waals surface area contributed by atoms with Crippen LogP contribution in [0.15, 0.2) is 10.9 Å². The van der Waals surface area contributed by atoms with Crippen LogP contribution < -0.4 is 10.5 Å². The summed E-state index contributed by atoms with van der Waals surface area (Å²) in [6.45, 7) is 9.11. The van der Waals surface area contributed by atoms with E-state index in [0.29, 0.717) is 36.8 Å². The van der Waals surface area contributed by atoms with Gasteiger partial charge in [0.05, 0.1) is 23.2 Å². The molecule has 190 valence electrons. The Balaban J connectivity index is 1.27. The van der Waals surface area contributed by atoms with Gasteiger partial charge in [0.15, 0.2) is 0 Å². The normalized spacial score (nSPS) is 23.3. The van der Waals surface area contributed by atoms with Crippen molar-refractivity contribution >= 4 is 22.2 Å². The first-order valence-electron chi connectivity index (χ1n) is 12.9. The number of nitrogens with zero attached hydrogens (tertiary/aromatic N) is 3. The number of nitrogens with one attached hydrogen (secondary N) is 1. The van der Waals surface area contributed by atoms with E-state index in [1.807, 2.05) is 31.9 Å². The molecule has 1 saturated carbocycles. The van der Waals surface area contributed by atoms with Crippen LogP contribution in [0, 0.1) is 20.8 Å². The first-order valence-corrected chi connectivity index (χ1v) is 13.7. The molecule has 3 aliphatic rings. The van der Waals surface area contributed by atoms with E-state index in [4.69, 9.17) is 4.74 Å². The quantitative estimate of drug-likeness (QED) is 0.659. The van der Waals surface area contributed by atoms with Gasteiger partial charge in [0.2, 0.25) is 0 Å². The van der Waals surface area contributed by atoms with Crippen LogP contribution in [0.2, 0.25) is 0 Å². The van der Waals surface area contributed by atoms with Crippen LogP contribution >= 0.6 is 11.3 Å². The predicted molar refractivity (Wildman–Crippen MR) is 141 cm³/mol. The Morgan fingerprint density at radius 2 is 1.86 bits per heavy atom. The van der Waals surface area contributed by atoms with Crippen molar-refractivity contribution in [1.29, 1.82) is 0 Å². The molecular formula is C27H38N4O3S. The molecule has 0 atom stereocenters. The summed E-state index contributed by atoms with van der Waals surface area (Å²) in [6.07, 6.45) is 6.10. The molecule has 0 spiro atoms. The first kappa shape index (κ1) is 24.5. The lowest BCUT2D eigenvalue weighted by molar-refractivity contribution is -0.0578. The summed E-state index contributed by atoms with van der Waals surface area (Å²) in [6, 6.07) is 3.18. The van der Waals surface area contributed by atoms with Crippen LogP contribution in [0.5, 0.6) is 0 Å². The van der Waals surface area contributed by atoms with Crippen molar-refractivity contribution in [3.63, 3.8) is 0 Å². The predicted octanol–water partition coefficient (Wildman–Crippen LogP) is 3.64. The summed E-state index contributed by atoms with van der Waals surface area (Å²) in [7, 11) is 4.02. The van der Waals surface area contributed by atoms with E-state index in [1.165, 1.54) is 35.6 Å². The van der Waals surface area contributed by atoms with Crippen molar-refractivity contribution in [2.75, 3.05) is 38.7 Å². The monoisotopic (exact) mass is 498 g/mol. The maximum atomic E-state index is 13.5. The van der Waals surface area contributed by atoms with Gasteiger partial charge in [-0.15, -0.1) is 11.3 Å². The van der Waals surface area contributed by atoms with E-state index in [0.717, 1.165) is 41.9 Å². The third-order valence-electron chi connectivity index (χ3n) is 8.41. The summed E-state index contributed by atoms with van der Waals surface area (Å²) in [4.78, 5) is 37.0. The van der Waals surface area contributed by atoms with Crippen molar-refractivity contribution < 1.29 is 9.53 Å². The molecule has 0 radical (unpaired) electrons. The van der Waals surface area contributed by atoms with Gasteiger partial charge in [0, 0.05) is 68.4 Å². The van der Waals surface area contributed by atoms with Gasteiger partial charge < -0.3 is 19.5 Å². The van der Waals surface area contributed by atoms with Gasteiger partial charge in [0.25, 0.3) is 11.5 Å². The number of ether oxygens (including phenoxy) is 1. The lowest BCUT2D eigenvalue weighted by Crippen LogP contribution is -2.57. The number of hydrogen-bond donors (Lipinski definition) is 1. The van der Waals surface area contributed by atoms with E-state index < -0.39 is 0 Å². The number of carbonyl (C=O) groups excluding carboxylic acids is 1. The zero-order valence-electron chi connectivity index (χ0n) is 21.6. The number of rotatable bonds is 6. The fraction of sp³-hybridized carbons (Fsp3) is 0.630.